The highest BCUT2D eigenvalue weighted by Gasteiger charge is 2.17. The van der Waals surface area contributed by atoms with Gasteiger partial charge in [0.1, 0.15) is 17.2 Å². The van der Waals surface area contributed by atoms with Crippen LogP contribution in [0, 0.1) is 0 Å². The van der Waals surface area contributed by atoms with Crippen LogP contribution in [0.4, 0.5) is 5.69 Å². The zero-order valence-corrected chi connectivity index (χ0v) is 14.7. The Balaban J connectivity index is 2.04. The average Bonchev–Trinajstić information content (AvgIpc) is 2.62. The summed E-state index contributed by atoms with van der Waals surface area (Å²) in [5.74, 6) is 1.29. The van der Waals surface area contributed by atoms with Crippen molar-refractivity contribution in [3.63, 3.8) is 0 Å². The Morgan fingerprint density at radius 2 is 1.60 bits per heavy atom. The van der Waals surface area contributed by atoms with E-state index in [1.165, 1.54) is 14.0 Å². The summed E-state index contributed by atoms with van der Waals surface area (Å²) in [7, 11) is 3.07. The largest absolute Gasteiger partial charge is 0.497 e. The highest BCUT2D eigenvalue weighted by atomic mass is 16.5. The molecule has 132 valence electrons. The van der Waals surface area contributed by atoms with E-state index in [0.29, 0.717) is 28.5 Å². The second-order valence-electron chi connectivity index (χ2n) is 5.40. The van der Waals surface area contributed by atoms with Gasteiger partial charge in [-0.3, -0.25) is 9.59 Å². The lowest BCUT2D eigenvalue weighted by molar-refractivity contribution is -0.122. The Morgan fingerprint density at radius 3 is 2.16 bits per heavy atom. The van der Waals surface area contributed by atoms with Gasteiger partial charge in [0.15, 0.2) is 11.9 Å². The van der Waals surface area contributed by atoms with Crippen LogP contribution in [0.25, 0.3) is 0 Å². The molecule has 0 bridgehead atoms. The summed E-state index contributed by atoms with van der Waals surface area (Å²) in [6.45, 7) is 3.14. The molecule has 1 N–H and O–H groups in total. The highest BCUT2D eigenvalue weighted by Crippen LogP contribution is 2.29. The number of ketones is 1. The first kappa shape index (κ1) is 18.3. The molecule has 0 aliphatic rings. The molecule has 0 unspecified atom stereocenters. The summed E-state index contributed by atoms with van der Waals surface area (Å²) in [4.78, 5) is 23.6. The van der Waals surface area contributed by atoms with E-state index in [2.05, 4.69) is 5.32 Å². The van der Waals surface area contributed by atoms with E-state index in [-0.39, 0.29) is 11.7 Å². The molecular weight excluding hydrogens is 322 g/mol. The number of ether oxygens (including phenoxy) is 3. The van der Waals surface area contributed by atoms with Crippen molar-refractivity contribution in [2.75, 3.05) is 19.5 Å². The molecule has 2 rings (SSSR count). The second kappa shape index (κ2) is 8.19. The van der Waals surface area contributed by atoms with Gasteiger partial charge >= 0.3 is 0 Å². The van der Waals surface area contributed by atoms with Gasteiger partial charge in [-0.25, -0.2) is 0 Å². The number of methoxy groups -OCH3 is 2. The van der Waals surface area contributed by atoms with E-state index in [1.807, 2.05) is 0 Å². The van der Waals surface area contributed by atoms with E-state index in [4.69, 9.17) is 14.2 Å². The van der Waals surface area contributed by atoms with Crippen molar-refractivity contribution < 1.29 is 23.8 Å². The van der Waals surface area contributed by atoms with E-state index in [0.717, 1.165) is 0 Å². The van der Waals surface area contributed by atoms with Crippen LogP contribution in [-0.2, 0) is 4.79 Å². The van der Waals surface area contributed by atoms with Crippen LogP contribution in [0.2, 0.25) is 0 Å². The van der Waals surface area contributed by atoms with Crippen molar-refractivity contribution >= 4 is 17.4 Å². The minimum Gasteiger partial charge on any atom is -0.497 e. The maximum Gasteiger partial charge on any atom is 0.265 e. The van der Waals surface area contributed by atoms with E-state index < -0.39 is 6.10 Å². The summed E-state index contributed by atoms with van der Waals surface area (Å²) >= 11 is 0. The standard InChI is InChI=1S/C19H21NO5/c1-12(21)14-5-7-15(8-6-14)25-13(2)19(22)20-17-10-9-16(23-3)11-18(17)24-4/h5-11,13H,1-4H3,(H,20,22)/t13-/m0/s1. The van der Waals surface area contributed by atoms with Crippen molar-refractivity contribution in [3.8, 4) is 17.2 Å². The summed E-state index contributed by atoms with van der Waals surface area (Å²) in [6.07, 6.45) is -0.727. The van der Waals surface area contributed by atoms with Crippen LogP contribution in [0.5, 0.6) is 17.2 Å². The minimum atomic E-state index is -0.727. The number of amides is 1. The Kier molecular flexibility index (Phi) is 6.00. The molecule has 0 fully saturated rings. The van der Waals surface area contributed by atoms with Crippen molar-refractivity contribution in [2.45, 2.75) is 20.0 Å². The smallest absolute Gasteiger partial charge is 0.265 e. The van der Waals surface area contributed by atoms with Gasteiger partial charge in [0, 0.05) is 11.6 Å². The molecule has 6 heteroatoms. The molecule has 0 radical (unpaired) electrons. The van der Waals surface area contributed by atoms with Crippen LogP contribution in [-0.4, -0.2) is 32.0 Å². The molecule has 2 aromatic rings. The molecule has 0 spiro atoms. The number of hydrogen-bond donors (Lipinski definition) is 1. The molecule has 0 aliphatic heterocycles. The number of hydrogen-bond acceptors (Lipinski definition) is 5. The van der Waals surface area contributed by atoms with Gasteiger partial charge < -0.3 is 19.5 Å². The number of anilines is 1. The van der Waals surface area contributed by atoms with E-state index in [9.17, 15) is 9.59 Å². The number of Topliss-reactive ketones (excluding diaryl/α,β-unsaturated/α-hetero) is 1. The third-order valence-electron chi connectivity index (χ3n) is 3.61. The lowest BCUT2D eigenvalue weighted by Crippen LogP contribution is -2.30. The van der Waals surface area contributed by atoms with Crippen molar-refractivity contribution in [1.82, 2.24) is 0 Å². The maximum absolute atomic E-state index is 12.3. The number of rotatable bonds is 7. The lowest BCUT2D eigenvalue weighted by Gasteiger charge is -2.16. The second-order valence-corrected chi connectivity index (χ2v) is 5.40. The van der Waals surface area contributed by atoms with Gasteiger partial charge in [-0.15, -0.1) is 0 Å². The summed E-state index contributed by atoms with van der Waals surface area (Å²) < 4.78 is 16.0. The zero-order chi connectivity index (χ0) is 18.4. The van der Waals surface area contributed by atoms with Crippen molar-refractivity contribution in [3.05, 3.63) is 48.0 Å². The third kappa shape index (κ3) is 4.73. The first-order chi connectivity index (χ1) is 11.9. The number of carbonyl (C=O) groups is 2. The predicted molar refractivity (Wildman–Crippen MR) is 94.7 cm³/mol. The van der Waals surface area contributed by atoms with Gasteiger partial charge in [0.2, 0.25) is 0 Å². The summed E-state index contributed by atoms with van der Waals surface area (Å²) in [6, 6.07) is 11.8. The Hall–Kier alpha value is -3.02. The van der Waals surface area contributed by atoms with Crippen LogP contribution < -0.4 is 19.5 Å². The van der Waals surface area contributed by atoms with Gasteiger partial charge in [-0.1, -0.05) is 0 Å². The van der Waals surface area contributed by atoms with Gasteiger partial charge in [-0.05, 0) is 50.2 Å². The van der Waals surface area contributed by atoms with Gasteiger partial charge in [-0.2, -0.15) is 0 Å². The third-order valence-corrected chi connectivity index (χ3v) is 3.61. The number of carbonyl (C=O) groups excluding carboxylic acids is 2. The van der Waals surface area contributed by atoms with E-state index >= 15 is 0 Å². The van der Waals surface area contributed by atoms with Gasteiger partial charge in [0.05, 0.1) is 19.9 Å². The molecular formula is C19H21NO5. The molecule has 6 nitrogen and oxygen atoms in total. The predicted octanol–water partition coefficient (Wildman–Crippen LogP) is 3.31. The quantitative estimate of drug-likeness (QED) is 0.781. The topological polar surface area (TPSA) is 73.9 Å². The van der Waals surface area contributed by atoms with Crippen molar-refractivity contribution in [2.24, 2.45) is 0 Å². The Morgan fingerprint density at radius 1 is 0.960 bits per heavy atom. The fraction of sp³-hybridized carbons (Fsp3) is 0.263. The van der Waals surface area contributed by atoms with Gasteiger partial charge in [0.25, 0.3) is 5.91 Å². The molecule has 1 amide bonds. The highest BCUT2D eigenvalue weighted by molar-refractivity contribution is 5.96. The lowest BCUT2D eigenvalue weighted by atomic mass is 10.1. The monoisotopic (exact) mass is 343 g/mol. The molecule has 0 heterocycles. The molecule has 25 heavy (non-hydrogen) atoms. The molecule has 0 aliphatic carbocycles. The zero-order valence-electron chi connectivity index (χ0n) is 14.7. The fourth-order valence-electron chi connectivity index (χ4n) is 2.16. The fourth-order valence-corrected chi connectivity index (χ4v) is 2.16. The molecule has 0 saturated heterocycles. The molecule has 0 aromatic heterocycles. The SMILES string of the molecule is COc1ccc(NC(=O)[C@H](C)Oc2ccc(C(C)=O)cc2)c(OC)c1. The van der Waals surface area contributed by atoms with Crippen LogP contribution in [0.15, 0.2) is 42.5 Å². The molecule has 0 saturated carbocycles. The van der Waals surface area contributed by atoms with Crippen LogP contribution >= 0.6 is 0 Å². The Labute approximate surface area is 146 Å². The normalized spacial score (nSPS) is 11.4. The van der Waals surface area contributed by atoms with Crippen LogP contribution in [0.3, 0.4) is 0 Å². The minimum absolute atomic E-state index is 0.0241. The maximum atomic E-state index is 12.3. The number of nitrogens with one attached hydrogen (secondary N) is 1. The van der Waals surface area contributed by atoms with E-state index in [1.54, 1.807) is 56.5 Å². The first-order valence-electron chi connectivity index (χ1n) is 7.75. The van der Waals surface area contributed by atoms with Crippen LogP contribution in [0.1, 0.15) is 24.2 Å². The molecule has 1 atom stereocenters. The first-order valence-corrected chi connectivity index (χ1v) is 7.75. The average molecular weight is 343 g/mol. The molecule has 2 aromatic carbocycles. The summed E-state index contributed by atoms with van der Waals surface area (Å²) in [5.41, 5.74) is 1.11. The van der Waals surface area contributed by atoms with Crippen molar-refractivity contribution in [1.29, 1.82) is 0 Å². The number of benzene rings is 2. The Bertz CT molecular complexity index is 755. The summed E-state index contributed by atoms with van der Waals surface area (Å²) in [5, 5.41) is 2.76.